The molecule has 0 aliphatic rings. The van der Waals surface area contributed by atoms with E-state index in [0.717, 1.165) is 0 Å². The summed E-state index contributed by atoms with van der Waals surface area (Å²) in [5.74, 6) is 0. The molecule has 2 N–H and O–H groups in total. The van der Waals surface area contributed by atoms with Gasteiger partial charge in [0.05, 0.1) is 0 Å². The SMILES string of the molecule is O=[C](O)[AlH][C](=O)[NH][AlH2]. The van der Waals surface area contributed by atoms with Crippen molar-refractivity contribution in [2.75, 3.05) is 0 Å². The summed E-state index contributed by atoms with van der Waals surface area (Å²) >= 11 is -0.978. The standard InChI is InChI=1S/CHNO.CHO2.2Al.3H/c2*2-1-3;;;;;/h(H-,2,3);(H,2,3);;;;;/q-1;;;+1;;;. The topological polar surface area (TPSA) is 66.4 Å². The lowest BCUT2D eigenvalue weighted by Crippen LogP contribution is -2.28. The van der Waals surface area contributed by atoms with Crippen molar-refractivity contribution in [2.45, 2.75) is 0 Å². The van der Waals surface area contributed by atoms with Crippen molar-refractivity contribution in [3.05, 3.63) is 0 Å². The van der Waals surface area contributed by atoms with Gasteiger partial charge in [0.2, 0.25) is 4.83 Å². The third-order valence-corrected chi connectivity index (χ3v) is 2.83. The Morgan fingerprint density at radius 3 is 2.25 bits per heavy atom. The highest BCUT2D eigenvalue weighted by Gasteiger charge is 2.10. The van der Waals surface area contributed by atoms with Gasteiger partial charge in [0, 0.05) is 0 Å². The van der Waals surface area contributed by atoms with E-state index in [0.29, 0.717) is 16.5 Å². The number of carboxylic acid groups (broad SMARTS) is 1. The third kappa shape index (κ3) is 4.17. The first-order chi connectivity index (χ1) is 3.66. The predicted octanol–water partition coefficient (Wildman–Crippen LogP) is -1.64. The minimum absolute atomic E-state index is 0.274. The van der Waals surface area contributed by atoms with Crippen LogP contribution in [0.1, 0.15) is 0 Å². The Bertz CT molecular complexity index is 114. The van der Waals surface area contributed by atoms with Gasteiger partial charge < -0.3 is 14.2 Å². The molecule has 0 aliphatic carbocycles. The van der Waals surface area contributed by atoms with Crippen molar-refractivity contribution in [3.8, 4) is 0 Å². The minimum atomic E-state index is -1.53. The van der Waals surface area contributed by atoms with Gasteiger partial charge in [0.1, 0.15) is 4.77 Å². The molecule has 4 nitrogen and oxygen atoms in total. The molecule has 0 aromatic heterocycles. The van der Waals surface area contributed by atoms with Crippen LogP contribution in [0.2, 0.25) is 0 Å². The lowest BCUT2D eigenvalue weighted by Gasteiger charge is -1.89. The highest BCUT2D eigenvalue weighted by molar-refractivity contribution is 6.96. The number of nitrogens with one attached hydrogen (secondary N) is 1. The second-order valence-corrected chi connectivity index (χ2v) is 3.34. The maximum atomic E-state index is 10.2. The molecule has 0 aromatic rings. The normalized spacial score (nSPS) is 7.50. The fourth-order valence-electron chi connectivity index (χ4n) is 0.226. The monoisotopic (exact) mass is 145 g/mol. The number of carbonyl (C=O) groups excluding carboxylic acids is 1. The zero-order chi connectivity index (χ0) is 6.57. The molecule has 0 heterocycles. The Morgan fingerprint density at radius 2 is 2.12 bits per heavy atom. The molecule has 0 bridgehead atoms. The van der Waals surface area contributed by atoms with Crippen molar-refractivity contribution in [1.82, 2.24) is 4.30 Å². The van der Waals surface area contributed by atoms with Gasteiger partial charge in [-0.15, -0.1) is 0 Å². The van der Waals surface area contributed by atoms with E-state index in [9.17, 15) is 9.59 Å². The quantitative estimate of drug-likeness (QED) is 0.458. The summed E-state index contributed by atoms with van der Waals surface area (Å²) in [6.45, 7) is 0. The number of amides is 1. The van der Waals surface area contributed by atoms with Gasteiger partial charge in [-0.1, -0.05) is 0 Å². The predicted molar refractivity (Wildman–Crippen MR) is 32.2 cm³/mol. The van der Waals surface area contributed by atoms with Crippen molar-refractivity contribution < 1.29 is 14.7 Å². The van der Waals surface area contributed by atoms with Gasteiger partial charge in [-0.05, 0) is 0 Å². The fraction of sp³-hybridized carbons (Fsp3) is 0. The van der Waals surface area contributed by atoms with Crippen LogP contribution in [0.5, 0.6) is 0 Å². The van der Waals surface area contributed by atoms with Crippen molar-refractivity contribution in [2.24, 2.45) is 0 Å². The number of rotatable bonds is 2. The van der Waals surface area contributed by atoms with Crippen LogP contribution in [0.3, 0.4) is 0 Å². The number of hydrogen-bond acceptors (Lipinski definition) is 2. The maximum absolute atomic E-state index is 10.2. The zero-order valence-corrected chi connectivity index (χ0v) is 7.89. The fourth-order valence-corrected chi connectivity index (χ4v) is 1.21. The van der Waals surface area contributed by atoms with Crippen LogP contribution in [0.15, 0.2) is 0 Å². The molecule has 0 aliphatic heterocycles. The first-order valence-electron chi connectivity index (χ1n) is 2.09. The van der Waals surface area contributed by atoms with Gasteiger partial charge in [-0.25, -0.2) is 0 Å². The van der Waals surface area contributed by atoms with Crippen LogP contribution < -0.4 is 4.30 Å². The Hall–Kier alpha value is 0.00494. The Labute approximate surface area is 60.6 Å². The molecule has 0 saturated carbocycles. The maximum Gasteiger partial charge on any atom is 0.536 e. The Kier molecular flexibility index (Phi) is 3.94. The average molecular weight is 145 g/mol. The summed E-state index contributed by atoms with van der Waals surface area (Å²) < 4.78 is 2.10. The van der Waals surface area contributed by atoms with E-state index in [-0.39, 0.29) is 4.77 Å². The number of hydrogen-bond donors (Lipinski definition) is 2. The zero-order valence-electron chi connectivity index (χ0n) is 4.47. The molecule has 1 amide bonds. The largest absolute Gasteiger partial charge is 0.536 e. The molecule has 0 rings (SSSR count). The Balaban J connectivity index is 3.40. The van der Waals surface area contributed by atoms with Gasteiger partial charge in [-0.3, -0.25) is 4.79 Å². The van der Waals surface area contributed by atoms with Crippen LogP contribution in [-0.4, -0.2) is 46.4 Å². The smallest absolute Gasteiger partial charge is 0.496 e. The molecular weight excluding hydrogens is 140 g/mol. The molecule has 0 unspecified atom stereocenters. The third-order valence-electron chi connectivity index (χ3n) is 0.591. The van der Waals surface area contributed by atoms with Gasteiger partial charge in [0.15, 0.2) is 0 Å². The van der Waals surface area contributed by atoms with Crippen LogP contribution in [-0.2, 0) is 0 Å². The molecule has 0 saturated heterocycles. The highest BCUT2D eigenvalue weighted by Crippen LogP contribution is 1.66. The molecule has 6 heteroatoms. The second-order valence-electron chi connectivity index (χ2n) is 1.24. The van der Waals surface area contributed by atoms with Crippen LogP contribution >= 0.6 is 0 Å². The van der Waals surface area contributed by atoms with E-state index >= 15 is 0 Å². The molecule has 0 atom stereocenters. The highest BCUT2D eigenvalue weighted by atomic mass is 27.1. The van der Waals surface area contributed by atoms with E-state index in [1.807, 2.05) is 0 Å². The lowest BCUT2D eigenvalue weighted by atomic mass is 11.4. The van der Waals surface area contributed by atoms with E-state index < -0.39 is 20.1 Å². The Morgan fingerprint density at radius 1 is 1.62 bits per heavy atom. The van der Waals surface area contributed by atoms with Crippen LogP contribution in [0.25, 0.3) is 0 Å². The minimum Gasteiger partial charge on any atom is -0.496 e. The van der Waals surface area contributed by atoms with Crippen molar-refractivity contribution in [1.29, 1.82) is 0 Å². The van der Waals surface area contributed by atoms with E-state index in [1.54, 1.807) is 0 Å². The summed E-state index contributed by atoms with van der Waals surface area (Å²) in [5, 5.41) is 8.03. The van der Waals surface area contributed by atoms with Crippen molar-refractivity contribution in [3.63, 3.8) is 0 Å². The van der Waals surface area contributed by atoms with Crippen LogP contribution in [0, 0.1) is 0 Å². The summed E-state index contributed by atoms with van der Waals surface area (Å²) in [6, 6.07) is 0. The molecule has 0 aromatic carbocycles. The van der Waals surface area contributed by atoms with Crippen molar-refractivity contribution >= 4 is 41.3 Å². The molecule has 42 valence electrons. The van der Waals surface area contributed by atoms with Gasteiger partial charge in [0.25, 0.3) is 0 Å². The average Bonchev–Trinajstić information content (AvgIpc) is 1.65. The van der Waals surface area contributed by atoms with E-state index in [1.165, 1.54) is 0 Å². The molecule has 0 spiro atoms. The van der Waals surface area contributed by atoms with Gasteiger partial charge >= 0.3 is 31.7 Å². The second kappa shape index (κ2) is 3.94. The molecule has 0 fully saturated rings. The van der Waals surface area contributed by atoms with E-state index in [2.05, 4.69) is 4.30 Å². The first kappa shape index (κ1) is 8.00. The van der Waals surface area contributed by atoms with E-state index in [4.69, 9.17) is 5.11 Å². The van der Waals surface area contributed by atoms with Crippen LogP contribution in [0.4, 0.5) is 9.59 Å². The summed E-state index contributed by atoms with van der Waals surface area (Å²) in [4.78, 5) is 19.1. The lowest BCUT2D eigenvalue weighted by molar-refractivity contribution is 0.219. The molecule has 8 heavy (non-hydrogen) atoms. The number of carbonyl (C=O) groups is 2. The molecular formula is C2H5Al2NO3. The summed E-state index contributed by atoms with van der Waals surface area (Å²) in [7, 11) is 0. The first-order valence-corrected chi connectivity index (χ1v) is 4.50. The summed E-state index contributed by atoms with van der Waals surface area (Å²) in [5.41, 5.74) is 0. The van der Waals surface area contributed by atoms with Gasteiger partial charge in [-0.2, -0.15) is 0 Å². The summed E-state index contributed by atoms with van der Waals surface area (Å²) in [6.07, 6.45) is 0. The molecule has 0 radical (unpaired) electrons.